The minimum absolute atomic E-state index is 0.0840. The first-order valence-corrected chi connectivity index (χ1v) is 13.0. The maximum Gasteiger partial charge on any atom is 0.233 e. The van der Waals surface area contributed by atoms with Crippen molar-refractivity contribution in [2.45, 2.75) is 28.2 Å². The summed E-state index contributed by atoms with van der Waals surface area (Å²) in [6.45, 7) is 2.01. The average molecular weight is 482 g/mol. The summed E-state index contributed by atoms with van der Waals surface area (Å²) in [7, 11) is -1.49. The molecule has 1 aliphatic heterocycles. The van der Waals surface area contributed by atoms with Crippen molar-refractivity contribution < 1.29 is 13.2 Å². The quantitative estimate of drug-likeness (QED) is 0.439. The topological polar surface area (TPSA) is 97.3 Å². The number of piperidine rings is 1. The number of hydrogen-bond donors (Lipinski definition) is 1. The molecule has 3 heterocycles. The Balaban J connectivity index is 1.42. The van der Waals surface area contributed by atoms with Crippen LogP contribution in [-0.2, 0) is 9.84 Å². The average Bonchev–Trinajstić information content (AvgIpc) is 3.37. The molecular weight excluding hydrogens is 458 g/mol. The Morgan fingerprint density at radius 3 is 2.58 bits per heavy atom. The Morgan fingerprint density at radius 2 is 1.85 bits per heavy atom. The Labute approximate surface area is 196 Å². The standard InChI is InChI=1S/C23H23N5O3S2/c1-28-12-9-17(10-13-28)31-20-4-2-3-19-21(20)22(26-15-25-19)27-16-5-7-18(8-6-16)33(29,30)23-24-11-14-32-23/h2-8,11,14-15,17H,9-10,12-13H2,1H3,(H,25,26,27). The lowest BCUT2D eigenvalue weighted by Gasteiger charge is -2.29. The normalized spacial score (nSPS) is 15.5. The number of fused-ring (bicyclic) bond motifs is 1. The van der Waals surface area contributed by atoms with E-state index in [1.807, 2.05) is 18.2 Å². The highest BCUT2D eigenvalue weighted by Gasteiger charge is 2.21. The van der Waals surface area contributed by atoms with Crippen molar-refractivity contribution in [2.24, 2.45) is 0 Å². The van der Waals surface area contributed by atoms with Crippen molar-refractivity contribution in [2.75, 3.05) is 25.5 Å². The molecule has 170 valence electrons. The molecular formula is C23H23N5O3S2. The second-order valence-electron chi connectivity index (χ2n) is 7.94. The lowest BCUT2D eigenvalue weighted by molar-refractivity contribution is 0.116. The Hall–Kier alpha value is -3.08. The summed E-state index contributed by atoms with van der Waals surface area (Å²) in [5.41, 5.74) is 1.49. The molecule has 0 atom stereocenters. The van der Waals surface area contributed by atoms with E-state index in [0.29, 0.717) is 11.5 Å². The molecule has 0 saturated carbocycles. The minimum Gasteiger partial charge on any atom is -0.489 e. The Morgan fingerprint density at radius 1 is 1.06 bits per heavy atom. The summed E-state index contributed by atoms with van der Waals surface area (Å²) >= 11 is 1.10. The van der Waals surface area contributed by atoms with Gasteiger partial charge >= 0.3 is 0 Å². The largest absolute Gasteiger partial charge is 0.489 e. The molecule has 0 aliphatic carbocycles. The number of rotatable bonds is 6. The monoisotopic (exact) mass is 481 g/mol. The van der Waals surface area contributed by atoms with Crippen LogP contribution in [0.4, 0.5) is 11.5 Å². The van der Waals surface area contributed by atoms with Gasteiger partial charge in [-0.3, -0.25) is 0 Å². The van der Waals surface area contributed by atoms with Gasteiger partial charge in [-0.15, -0.1) is 11.3 Å². The molecule has 33 heavy (non-hydrogen) atoms. The Bertz CT molecular complexity index is 1350. The van der Waals surface area contributed by atoms with E-state index in [1.54, 1.807) is 29.6 Å². The predicted molar refractivity (Wildman–Crippen MR) is 128 cm³/mol. The lowest BCUT2D eigenvalue weighted by Crippen LogP contribution is -2.35. The molecule has 0 amide bonds. The molecule has 10 heteroatoms. The molecule has 1 N–H and O–H groups in total. The summed E-state index contributed by atoms with van der Waals surface area (Å²) < 4.78 is 31.8. The zero-order chi connectivity index (χ0) is 22.8. The number of nitrogens with zero attached hydrogens (tertiary/aromatic N) is 4. The third-order valence-electron chi connectivity index (χ3n) is 5.65. The predicted octanol–water partition coefficient (Wildman–Crippen LogP) is 4.14. The van der Waals surface area contributed by atoms with Gasteiger partial charge < -0.3 is 15.0 Å². The van der Waals surface area contributed by atoms with E-state index >= 15 is 0 Å². The van der Waals surface area contributed by atoms with Crippen molar-refractivity contribution in [3.8, 4) is 5.75 Å². The van der Waals surface area contributed by atoms with Crippen molar-refractivity contribution in [3.05, 3.63) is 60.4 Å². The molecule has 0 spiro atoms. The van der Waals surface area contributed by atoms with Crippen LogP contribution in [0.15, 0.2) is 69.6 Å². The molecule has 0 unspecified atom stereocenters. The summed E-state index contributed by atoms with van der Waals surface area (Å²) in [6, 6.07) is 12.4. The summed E-state index contributed by atoms with van der Waals surface area (Å²) in [6.07, 6.45) is 5.08. The van der Waals surface area contributed by atoms with E-state index < -0.39 is 9.84 Å². The van der Waals surface area contributed by atoms with Crippen molar-refractivity contribution in [1.29, 1.82) is 0 Å². The van der Waals surface area contributed by atoms with Gasteiger partial charge in [0, 0.05) is 30.4 Å². The fourth-order valence-electron chi connectivity index (χ4n) is 3.85. The highest BCUT2D eigenvalue weighted by atomic mass is 32.2. The van der Waals surface area contributed by atoms with Gasteiger partial charge in [0.2, 0.25) is 14.2 Å². The van der Waals surface area contributed by atoms with Gasteiger partial charge in [-0.1, -0.05) is 6.07 Å². The van der Waals surface area contributed by atoms with Gasteiger partial charge in [0.05, 0.1) is 15.8 Å². The molecule has 2 aromatic carbocycles. The molecule has 1 aliphatic rings. The van der Waals surface area contributed by atoms with E-state index in [1.165, 1.54) is 12.5 Å². The SMILES string of the molecule is CN1CCC(Oc2cccc3ncnc(Nc4ccc(S(=O)(=O)c5nccs5)cc4)c23)CC1. The van der Waals surface area contributed by atoms with Crippen LogP contribution >= 0.6 is 11.3 Å². The number of thiazole rings is 1. The van der Waals surface area contributed by atoms with Crippen molar-refractivity contribution in [3.63, 3.8) is 0 Å². The van der Waals surface area contributed by atoms with Crippen LogP contribution in [0.3, 0.4) is 0 Å². The van der Waals surface area contributed by atoms with Gasteiger partial charge in [-0.25, -0.2) is 23.4 Å². The van der Waals surface area contributed by atoms with Gasteiger partial charge in [-0.2, -0.15) is 0 Å². The second-order valence-corrected chi connectivity index (χ2v) is 11.0. The highest BCUT2D eigenvalue weighted by Crippen LogP contribution is 2.33. The number of nitrogens with one attached hydrogen (secondary N) is 1. The number of ether oxygens (including phenoxy) is 1. The zero-order valence-electron chi connectivity index (χ0n) is 18.0. The number of aromatic nitrogens is 3. The van der Waals surface area contributed by atoms with Gasteiger partial charge in [0.1, 0.15) is 24.0 Å². The lowest BCUT2D eigenvalue weighted by atomic mass is 10.1. The maximum absolute atomic E-state index is 12.7. The van der Waals surface area contributed by atoms with E-state index in [4.69, 9.17) is 4.74 Å². The van der Waals surface area contributed by atoms with Crippen molar-refractivity contribution in [1.82, 2.24) is 19.9 Å². The number of hydrogen-bond acceptors (Lipinski definition) is 9. The van der Waals surface area contributed by atoms with Gasteiger partial charge in [0.15, 0.2) is 0 Å². The van der Waals surface area contributed by atoms with E-state index in [2.05, 4.69) is 32.2 Å². The molecule has 0 bridgehead atoms. The molecule has 4 aromatic rings. The molecule has 0 radical (unpaired) electrons. The van der Waals surface area contributed by atoms with Crippen LogP contribution in [0.25, 0.3) is 10.9 Å². The van der Waals surface area contributed by atoms with Crippen LogP contribution < -0.4 is 10.1 Å². The number of likely N-dealkylation sites (tertiary alicyclic amines) is 1. The summed E-state index contributed by atoms with van der Waals surface area (Å²) in [4.78, 5) is 15.3. The fraction of sp³-hybridized carbons (Fsp3) is 0.261. The zero-order valence-corrected chi connectivity index (χ0v) is 19.6. The third kappa shape index (κ3) is 4.54. The molecule has 8 nitrogen and oxygen atoms in total. The fourth-order valence-corrected chi connectivity index (χ4v) is 6.07. The number of sulfone groups is 1. The molecule has 5 rings (SSSR count). The van der Waals surface area contributed by atoms with E-state index in [0.717, 1.165) is 53.9 Å². The van der Waals surface area contributed by atoms with Crippen LogP contribution in [-0.4, -0.2) is 54.5 Å². The second kappa shape index (κ2) is 9.05. The first kappa shape index (κ1) is 21.7. The third-order valence-corrected chi connectivity index (χ3v) is 8.62. The van der Waals surface area contributed by atoms with Gasteiger partial charge in [-0.05, 0) is 56.3 Å². The highest BCUT2D eigenvalue weighted by molar-refractivity contribution is 7.93. The number of benzene rings is 2. The minimum atomic E-state index is -3.62. The van der Waals surface area contributed by atoms with E-state index in [-0.39, 0.29) is 15.3 Å². The van der Waals surface area contributed by atoms with Crippen LogP contribution in [0.2, 0.25) is 0 Å². The smallest absolute Gasteiger partial charge is 0.233 e. The Kier molecular flexibility index (Phi) is 5.96. The van der Waals surface area contributed by atoms with E-state index in [9.17, 15) is 8.42 Å². The first-order valence-electron chi connectivity index (χ1n) is 10.6. The molecule has 1 fully saturated rings. The van der Waals surface area contributed by atoms with Crippen LogP contribution in [0.5, 0.6) is 5.75 Å². The number of anilines is 2. The van der Waals surface area contributed by atoms with Crippen LogP contribution in [0, 0.1) is 0 Å². The van der Waals surface area contributed by atoms with Crippen LogP contribution in [0.1, 0.15) is 12.8 Å². The summed E-state index contributed by atoms with van der Waals surface area (Å²) in [5, 5.41) is 5.75. The summed E-state index contributed by atoms with van der Waals surface area (Å²) in [5.74, 6) is 1.35. The molecule has 2 aromatic heterocycles. The maximum atomic E-state index is 12.7. The molecule has 1 saturated heterocycles. The van der Waals surface area contributed by atoms with Crippen molar-refractivity contribution >= 4 is 43.6 Å². The van der Waals surface area contributed by atoms with Gasteiger partial charge in [0.25, 0.3) is 0 Å². The first-order chi connectivity index (χ1) is 16.0.